The standard InChI is InChI=1S/C27H45N7O4/c1-6-20(23(38-8-3)15-19(4)35)17-32-11-9-22(10-12-32)34-14-13-33(18-21(34)7-2)26(27(37)30-5)31-24(28)16-25(29)36/h6,15-16,21-22,35H,4,7-14,17-18,28H2,1-3,5H3,(H2,29,36)(H,30,37)/b20-6-,23-15+,24-16+,31-26+. The number of ether oxygens (including phenoxy) is 1. The minimum absolute atomic E-state index is 0.0209. The van der Waals surface area contributed by atoms with E-state index < -0.39 is 5.91 Å². The van der Waals surface area contributed by atoms with Crippen LogP contribution in [0.15, 0.2) is 52.7 Å². The molecule has 11 heteroatoms. The van der Waals surface area contributed by atoms with Gasteiger partial charge >= 0.3 is 0 Å². The number of likely N-dealkylation sites (N-methyl/N-ethyl adjacent to an activating group) is 1. The van der Waals surface area contributed by atoms with E-state index in [2.05, 4.69) is 33.6 Å². The van der Waals surface area contributed by atoms with Crippen LogP contribution in [0.25, 0.3) is 0 Å². The second kappa shape index (κ2) is 15.2. The van der Waals surface area contributed by atoms with Gasteiger partial charge in [-0.1, -0.05) is 19.6 Å². The summed E-state index contributed by atoms with van der Waals surface area (Å²) in [5.41, 5.74) is 12.0. The van der Waals surface area contributed by atoms with E-state index in [1.807, 2.05) is 24.8 Å². The summed E-state index contributed by atoms with van der Waals surface area (Å²) in [6.45, 7) is 14.9. The first-order valence-corrected chi connectivity index (χ1v) is 13.3. The number of amidine groups is 1. The number of rotatable bonds is 10. The van der Waals surface area contributed by atoms with Gasteiger partial charge in [-0.15, -0.1) is 0 Å². The first-order chi connectivity index (χ1) is 18.1. The molecule has 2 fully saturated rings. The van der Waals surface area contributed by atoms with Gasteiger partial charge in [0.15, 0.2) is 5.84 Å². The third-order valence-electron chi connectivity index (χ3n) is 6.94. The zero-order valence-corrected chi connectivity index (χ0v) is 23.3. The van der Waals surface area contributed by atoms with Crippen molar-refractivity contribution in [3.8, 4) is 0 Å². The summed E-state index contributed by atoms with van der Waals surface area (Å²) in [7, 11) is 1.54. The Bertz CT molecular complexity index is 964. The maximum absolute atomic E-state index is 12.6. The predicted octanol–water partition coefficient (Wildman–Crippen LogP) is 1.22. The van der Waals surface area contributed by atoms with Crippen molar-refractivity contribution in [3.63, 3.8) is 0 Å². The van der Waals surface area contributed by atoms with Crippen LogP contribution in [0, 0.1) is 0 Å². The Kier molecular flexibility index (Phi) is 12.4. The Balaban J connectivity index is 2.05. The monoisotopic (exact) mass is 531 g/mol. The first-order valence-electron chi connectivity index (χ1n) is 13.3. The molecular weight excluding hydrogens is 486 g/mol. The third kappa shape index (κ3) is 8.91. The number of nitrogens with one attached hydrogen (secondary N) is 1. The van der Waals surface area contributed by atoms with Crippen LogP contribution in [0.4, 0.5) is 0 Å². The maximum Gasteiger partial charge on any atom is 0.286 e. The highest BCUT2D eigenvalue weighted by atomic mass is 16.5. The van der Waals surface area contributed by atoms with Crippen molar-refractivity contribution in [2.24, 2.45) is 16.5 Å². The Labute approximate surface area is 226 Å². The number of hydrogen-bond acceptors (Lipinski definition) is 8. The first kappa shape index (κ1) is 30.9. The molecule has 0 saturated carbocycles. The highest BCUT2D eigenvalue weighted by Crippen LogP contribution is 2.25. The van der Waals surface area contributed by atoms with Crippen LogP contribution in [0.1, 0.15) is 40.0 Å². The van der Waals surface area contributed by atoms with Gasteiger partial charge in [0.2, 0.25) is 5.91 Å². The summed E-state index contributed by atoms with van der Waals surface area (Å²) in [5.74, 6) is -0.328. The number of allylic oxidation sites excluding steroid dienone is 2. The Hall–Kier alpha value is -3.31. The fourth-order valence-electron chi connectivity index (χ4n) is 5.08. The van der Waals surface area contributed by atoms with Crippen molar-refractivity contribution in [1.29, 1.82) is 0 Å². The fraction of sp³-hybridized carbons (Fsp3) is 0.593. The number of hydrogen-bond donors (Lipinski definition) is 4. The lowest BCUT2D eigenvalue weighted by atomic mass is 9.97. The normalized spacial score (nSPS) is 21.4. The van der Waals surface area contributed by atoms with Gasteiger partial charge in [-0.05, 0) is 46.2 Å². The van der Waals surface area contributed by atoms with Crippen LogP contribution in [0.3, 0.4) is 0 Å². The molecule has 2 heterocycles. The second-order valence-corrected chi connectivity index (χ2v) is 9.49. The van der Waals surface area contributed by atoms with E-state index in [0.717, 1.165) is 57.1 Å². The smallest absolute Gasteiger partial charge is 0.286 e. The van der Waals surface area contributed by atoms with Gasteiger partial charge in [0.05, 0.1) is 6.61 Å². The van der Waals surface area contributed by atoms with Crippen LogP contribution in [0.5, 0.6) is 0 Å². The molecule has 2 rings (SSSR count). The number of aliphatic imine (C=N–C) groups is 1. The molecule has 2 aliphatic rings. The number of primary amides is 1. The van der Waals surface area contributed by atoms with E-state index >= 15 is 0 Å². The van der Waals surface area contributed by atoms with Crippen molar-refractivity contribution in [2.75, 3.05) is 52.9 Å². The number of piperazine rings is 1. The number of piperidine rings is 1. The molecule has 2 amide bonds. The quantitative estimate of drug-likeness (QED) is 0.108. The lowest BCUT2D eigenvalue weighted by Gasteiger charge is -2.48. The van der Waals surface area contributed by atoms with E-state index in [4.69, 9.17) is 16.2 Å². The molecule has 11 nitrogen and oxygen atoms in total. The van der Waals surface area contributed by atoms with Crippen LogP contribution < -0.4 is 16.8 Å². The SMILES string of the molecule is C=C(O)/C=C(OCC)\C(=C/C)CN1CCC(N2CCN(/C(=N/C(N)=C/C(N)=O)C(=O)NC)CC2CC)CC1. The summed E-state index contributed by atoms with van der Waals surface area (Å²) < 4.78 is 5.75. The number of carbonyl (C=O) groups is 2. The van der Waals surface area contributed by atoms with Crippen molar-refractivity contribution < 1.29 is 19.4 Å². The number of nitrogens with two attached hydrogens (primary N) is 2. The topological polar surface area (TPSA) is 150 Å². The molecule has 38 heavy (non-hydrogen) atoms. The average Bonchev–Trinajstić information content (AvgIpc) is 2.89. The highest BCUT2D eigenvalue weighted by molar-refractivity contribution is 6.37. The van der Waals surface area contributed by atoms with E-state index in [1.54, 1.807) is 13.1 Å². The van der Waals surface area contributed by atoms with Crippen LogP contribution in [-0.4, -0.2) is 102 Å². The van der Waals surface area contributed by atoms with Gasteiger partial charge in [-0.25, -0.2) is 4.99 Å². The zero-order chi connectivity index (χ0) is 28.2. The molecule has 0 aromatic carbocycles. The maximum atomic E-state index is 12.6. The van der Waals surface area contributed by atoms with Crippen LogP contribution in [-0.2, 0) is 14.3 Å². The van der Waals surface area contributed by atoms with Crippen molar-refractivity contribution in [1.82, 2.24) is 20.0 Å². The Morgan fingerprint density at radius 3 is 2.37 bits per heavy atom. The summed E-state index contributed by atoms with van der Waals surface area (Å²) >= 11 is 0. The van der Waals surface area contributed by atoms with E-state index in [1.165, 1.54) is 0 Å². The Morgan fingerprint density at radius 1 is 1.16 bits per heavy atom. The molecule has 0 aliphatic carbocycles. The molecule has 1 unspecified atom stereocenters. The van der Waals surface area contributed by atoms with Gasteiger partial charge in [0, 0.05) is 63.0 Å². The largest absolute Gasteiger partial charge is 0.508 e. The van der Waals surface area contributed by atoms with Crippen LogP contribution >= 0.6 is 0 Å². The number of aliphatic hydroxyl groups excluding tert-OH is 1. The molecule has 0 bridgehead atoms. The average molecular weight is 532 g/mol. The summed E-state index contributed by atoms with van der Waals surface area (Å²) in [5, 5.41) is 12.3. The number of likely N-dealkylation sites (tertiary alicyclic amines) is 1. The van der Waals surface area contributed by atoms with Crippen molar-refractivity contribution >= 4 is 17.6 Å². The predicted molar refractivity (Wildman–Crippen MR) is 150 cm³/mol. The lowest BCUT2D eigenvalue weighted by Crippen LogP contribution is -2.60. The van der Waals surface area contributed by atoms with E-state index in [9.17, 15) is 14.7 Å². The van der Waals surface area contributed by atoms with Gasteiger partial charge in [-0.2, -0.15) is 0 Å². The number of aliphatic hydroxyl groups is 1. The Morgan fingerprint density at radius 2 is 1.84 bits per heavy atom. The summed E-state index contributed by atoms with van der Waals surface area (Å²) in [4.78, 5) is 34.9. The molecule has 0 aromatic heterocycles. The fourth-order valence-corrected chi connectivity index (χ4v) is 5.08. The molecular formula is C27H45N7O4. The van der Waals surface area contributed by atoms with Crippen molar-refractivity contribution in [3.05, 3.63) is 47.7 Å². The van der Waals surface area contributed by atoms with Crippen molar-refractivity contribution in [2.45, 2.75) is 52.1 Å². The van der Waals surface area contributed by atoms with E-state index in [-0.39, 0.29) is 29.4 Å². The minimum atomic E-state index is -0.712. The zero-order valence-electron chi connectivity index (χ0n) is 23.3. The van der Waals surface area contributed by atoms with Gasteiger partial charge in [0.1, 0.15) is 17.3 Å². The molecule has 1 atom stereocenters. The molecule has 2 saturated heterocycles. The molecule has 0 spiro atoms. The minimum Gasteiger partial charge on any atom is -0.508 e. The molecule has 2 aliphatic heterocycles. The van der Waals surface area contributed by atoms with Crippen LogP contribution in [0.2, 0.25) is 0 Å². The van der Waals surface area contributed by atoms with E-state index in [0.29, 0.717) is 31.5 Å². The number of nitrogens with zero attached hydrogens (tertiary/aromatic N) is 4. The van der Waals surface area contributed by atoms with Gasteiger partial charge < -0.3 is 31.5 Å². The lowest BCUT2D eigenvalue weighted by molar-refractivity contribution is -0.115. The third-order valence-corrected chi connectivity index (χ3v) is 6.94. The number of carbonyl (C=O) groups excluding carboxylic acids is 2. The molecule has 212 valence electrons. The summed E-state index contributed by atoms with van der Waals surface area (Å²) in [6.07, 6.45) is 7.62. The second-order valence-electron chi connectivity index (χ2n) is 9.49. The van der Waals surface area contributed by atoms with Gasteiger partial charge in [-0.3, -0.25) is 19.4 Å². The highest BCUT2D eigenvalue weighted by Gasteiger charge is 2.35. The number of amides is 2. The molecule has 0 aromatic rings. The summed E-state index contributed by atoms with van der Waals surface area (Å²) in [6, 6.07) is 0.706. The van der Waals surface area contributed by atoms with Gasteiger partial charge in [0.25, 0.3) is 5.91 Å². The molecule has 6 N–H and O–H groups in total. The molecule has 0 radical (unpaired) electrons.